The molecule has 5 nitrogen and oxygen atoms in total. The van der Waals surface area contributed by atoms with Gasteiger partial charge in [-0.1, -0.05) is 23.2 Å². The zero-order valence-corrected chi connectivity index (χ0v) is 14.4. The van der Waals surface area contributed by atoms with E-state index >= 15 is 0 Å². The predicted molar refractivity (Wildman–Crippen MR) is 85.3 cm³/mol. The van der Waals surface area contributed by atoms with Crippen LogP contribution in [0.1, 0.15) is 24.9 Å². The zero-order chi connectivity index (χ0) is 17.1. The summed E-state index contributed by atoms with van der Waals surface area (Å²) in [6.45, 7) is 1.58. The Kier molecular flexibility index (Phi) is 6.61. The third-order valence-corrected chi connectivity index (χ3v) is 4.70. The highest BCUT2D eigenvalue weighted by Crippen LogP contribution is 2.32. The van der Waals surface area contributed by atoms with Crippen molar-refractivity contribution in [2.45, 2.75) is 25.4 Å². The Morgan fingerprint density at radius 3 is 2.55 bits per heavy atom. The molecule has 0 heterocycles. The molecule has 124 valence electrons. The summed E-state index contributed by atoms with van der Waals surface area (Å²) in [5, 5.41) is 2.58. The summed E-state index contributed by atoms with van der Waals surface area (Å²) in [7, 11) is -3.20. The van der Waals surface area contributed by atoms with Crippen molar-refractivity contribution in [3.05, 3.63) is 33.6 Å². The summed E-state index contributed by atoms with van der Waals surface area (Å²) < 4.78 is 35.6. The molecule has 1 amide bonds. The number of nitrogens with one attached hydrogen (secondary N) is 1. The lowest BCUT2D eigenvalue weighted by Gasteiger charge is -2.20. The predicted octanol–water partition coefficient (Wildman–Crippen LogP) is 2.07. The number of benzene rings is 1. The van der Waals surface area contributed by atoms with Crippen molar-refractivity contribution in [1.29, 1.82) is 0 Å². The second kappa shape index (κ2) is 7.59. The van der Waals surface area contributed by atoms with Gasteiger partial charge in [-0.15, -0.1) is 0 Å². The van der Waals surface area contributed by atoms with E-state index in [1.807, 2.05) is 0 Å². The molecule has 0 aromatic heterocycles. The lowest BCUT2D eigenvalue weighted by atomic mass is 10.1. The number of halogens is 3. The molecule has 0 aliphatic rings. The number of hydrogen-bond donors (Lipinski definition) is 2. The molecule has 2 unspecified atom stereocenters. The van der Waals surface area contributed by atoms with Crippen molar-refractivity contribution in [2.24, 2.45) is 5.73 Å². The molecule has 1 rings (SSSR count). The average Bonchev–Trinajstić information content (AvgIpc) is 2.39. The maximum absolute atomic E-state index is 13.5. The van der Waals surface area contributed by atoms with Gasteiger partial charge in [-0.2, -0.15) is 0 Å². The Morgan fingerprint density at radius 1 is 1.41 bits per heavy atom. The molecule has 1 aromatic rings. The Hall–Kier alpha value is -0.890. The van der Waals surface area contributed by atoms with Gasteiger partial charge in [0, 0.05) is 16.8 Å². The number of carbonyl (C=O) groups is 1. The number of hydrogen-bond acceptors (Lipinski definition) is 4. The van der Waals surface area contributed by atoms with E-state index in [1.54, 1.807) is 6.92 Å². The van der Waals surface area contributed by atoms with Crippen LogP contribution in [0.15, 0.2) is 12.1 Å². The van der Waals surface area contributed by atoms with Crippen LogP contribution < -0.4 is 11.1 Å². The molecule has 0 aliphatic heterocycles. The van der Waals surface area contributed by atoms with E-state index in [-0.39, 0.29) is 27.8 Å². The second-order valence-corrected chi connectivity index (χ2v) is 8.06. The number of rotatable bonds is 6. The molecule has 2 atom stereocenters. The minimum absolute atomic E-state index is 0.0119. The van der Waals surface area contributed by atoms with Gasteiger partial charge in [-0.05, 0) is 25.5 Å². The van der Waals surface area contributed by atoms with Crippen molar-refractivity contribution in [3.63, 3.8) is 0 Å². The maximum atomic E-state index is 13.5. The molecular formula is C13H17Cl2FN2O3S. The molecule has 0 aliphatic carbocycles. The fraction of sp³-hybridized carbons (Fsp3) is 0.462. The van der Waals surface area contributed by atoms with Gasteiger partial charge in [0.05, 0.1) is 22.9 Å². The van der Waals surface area contributed by atoms with Crippen LogP contribution >= 0.6 is 23.2 Å². The standard InChI is InChI=1S/C13H17Cl2FN2O3S/c1-7(11-8(14)3-4-9(16)12(11)15)18-13(19)10(17)5-6-22(2,20)21/h3-4,7,10H,5-6,17H2,1-2H3,(H,18,19). The number of nitrogens with two attached hydrogens (primary N) is 1. The fourth-order valence-corrected chi connectivity index (χ4v) is 3.18. The van der Waals surface area contributed by atoms with Crippen LogP contribution in [0.2, 0.25) is 10.0 Å². The molecule has 9 heteroatoms. The lowest BCUT2D eigenvalue weighted by Crippen LogP contribution is -2.42. The topological polar surface area (TPSA) is 89.3 Å². The SMILES string of the molecule is CC(NC(=O)C(N)CCS(C)(=O)=O)c1c(Cl)ccc(F)c1Cl. The summed E-state index contributed by atoms with van der Waals surface area (Å²) in [6.07, 6.45) is 1.05. The summed E-state index contributed by atoms with van der Waals surface area (Å²) in [4.78, 5) is 11.9. The zero-order valence-electron chi connectivity index (χ0n) is 12.1. The molecule has 1 aromatic carbocycles. The van der Waals surface area contributed by atoms with E-state index in [4.69, 9.17) is 28.9 Å². The lowest BCUT2D eigenvalue weighted by molar-refractivity contribution is -0.123. The van der Waals surface area contributed by atoms with Crippen LogP contribution in [0.3, 0.4) is 0 Å². The van der Waals surface area contributed by atoms with Crippen molar-refractivity contribution >= 4 is 38.9 Å². The molecule has 0 saturated heterocycles. The normalized spacial score (nSPS) is 14.5. The Balaban J connectivity index is 2.78. The summed E-state index contributed by atoms with van der Waals surface area (Å²) in [5.41, 5.74) is 5.88. The van der Waals surface area contributed by atoms with Crippen LogP contribution in [-0.4, -0.2) is 32.4 Å². The van der Waals surface area contributed by atoms with E-state index in [0.717, 1.165) is 12.3 Å². The number of carbonyl (C=O) groups excluding carboxylic acids is 1. The highest BCUT2D eigenvalue weighted by molar-refractivity contribution is 7.90. The molecule has 0 fully saturated rings. The van der Waals surface area contributed by atoms with Gasteiger partial charge in [0.15, 0.2) is 0 Å². The van der Waals surface area contributed by atoms with Crippen molar-refractivity contribution in [2.75, 3.05) is 12.0 Å². The summed E-state index contributed by atoms with van der Waals surface area (Å²) >= 11 is 11.8. The van der Waals surface area contributed by atoms with Gasteiger partial charge >= 0.3 is 0 Å². The Labute approximate surface area is 138 Å². The molecule has 0 saturated carbocycles. The molecule has 0 spiro atoms. The second-order valence-electron chi connectivity index (χ2n) is 5.01. The maximum Gasteiger partial charge on any atom is 0.237 e. The largest absolute Gasteiger partial charge is 0.348 e. The summed E-state index contributed by atoms with van der Waals surface area (Å²) in [6, 6.07) is 0.793. The van der Waals surface area contributed by atoms with Crippen molar-refractivity contribution in [1.82, 2.24) is 5.32 Å². The van der Waals surface area contributed by atoms with Crippen molar-refractivity contribution in [3.8, 4) is 0 Å². The highest BCUT2D eigenvalue weighted by Gasteiger charge is 2.22. The molecule has 3 N–H and O–H groups in total. The third kappa shape index (κ3) is 5.39. The van der Waals surface area contributed by atoms with Crippen LogP contribution in [0.25, 0.3) is 0 Å². The molecule has 22 heavy (non-hydrogen) atoms. The first-order valence-corrected chi connectivity index (χ1v) is 9.21. The van der Waals surface area contributed by atoms with Crippen molar-refractivity contribution < 1.29 is 17.6 Å². The van der Waals surface area contributed by atoms with E-state index in [0.29, 0.717) is 0 Å². The van der Waals surface area contributed by atoms with Gasteiger partial charge in [0.25, 0.3) is 0 Å². The summed E-state index contributed by atoms with van der Waals surface area (Å²) in [5.74, 6) is -1.41. The average molecular weight is 371 g/mol. The smallest absolute Gasteiger partial charge is 0.237 e. The van der Waals surface area contributed by atoms with E-state index < -0.39 is 33.6 Å². The van der Waals surface area contributed by atoms with E-state index in [9.17, 15) is 17.6 Å². The van der Waals surface area contributed by atoms with Gasteiger partial charge in [0.2, 0.25) is 5.91 Å². The Morgan fingerprint density at radius 2 is 2.00 bits per heavy atom. The van der Waals surface area contributed by atoms with Crippen LogP contribution in [0.4, 0.5) is 4.39 Å². The first kappa shape index (κ1) is 19.2. The van der Waals surface area contributed by atoms with Gasteiger partial charge < -0.3 is 11.1 Å². The fourth-order valence-electron chi connectivity index (χ4n) is 1.80. The van der Waals surface area contributed by atoms with E-state index in [1.165, 1.54) is 6.07 Å². The van der Waals surface area contributed by atoms with Gasteiger partial charge in [-0.25, -0.2) is 12.8 Å². The highest BCUT2D eigenvalue weighted by atomic mass is 35.5. The molecule has 0 bridgehead atoms. The van der Waals surface area contributed by atoms with Gasteiger partial charge in [-0.3, -0.25) is 4.79 Å². The molecular weight excluding hydrogens is 354 g/mol. The first-order chi connectivity index (χ1) is 10.0. The van der Waals surface area contributed by atoms with Crippen LogP contribution in [0.5, 0.6) is 0 Å². The van der Waals surface area contributed by atoms with Crippen LogP contribution in [-0.2, 0) is 14.6 Å². The third-order valence-electron chi connectivity index (χ3n) is 3.01. The minimum Gasteiger partial charge on any atom is -0.348 e. The Bertz CT molecular complexity index is 667. The van der Waals surface area contributed by atoms with E-state index in [2.05, 4.69) is 5.32 Å². The minimum atomic E-state index is -3.20. The molecule has 0 radical (unpaired) electrons. The quantitative estimate of drug-likeness (QED) is 0.750. The number of sulfone groups is 1. The first-order valence-electron chi connectivity index (χ1n) is 6.40. The number of amides is 1. The van der Waals surface area contributed by atoms with Gasteiger partial charge in [0.1, 0.15) is 15.7 Å². The monoisotopic (exact) mass is 370 g/mol. The van der Waals surface area contributed by atoms with Crippen LogP contribution in [0, 0.1) is 5.82 Å².